The van der Waals surface area contributed by atoms with E-state index in [-0.39, 0.29) is 11.6 Å². The van der Waals surface area contributed by atoms with Crippen LogP contribution in [0.4, 0.5) is 11.4 Å². The van der Waals surface area contributed by atoms with E-state index < -0.39 is 11.5 Å². The molecule has 1 saturated carbocycles. The van der Waals surface area contributed by atoms with Crippen molar-refractivity contribution in [1.29, 1.82) is 0 Å². The number of carbonyl (C=O) groups excluding carboxylic acids is 1. The maximum Gasteiger partial charge on any atom is 0.354 e. The Morgan fingerprint density at radius 1 is 1.35 bits per heavy atom. The molecule has 0 atom stereocenters. The molecule has 1 amide bonds. The maximum atomic E-state index is 12.1. The molecule has 90 valence electrons. The van der Waals surface area contributed by atoms with Gasteiger partial charge in [0.25, 0.3) is 0 Å². The van der Waals surface area contributed by atoms with Gasteiger partial charge < -0.3 is 20.7 Å². The molecule has 1 fully saturated rings. The quantitative estimate of drug-likeness (QED) is 0.591. The van der Waals surface area contributed by atoms with E-state index in [1.54, 1.807) is 6.20 Å². The number of carboxylic acid groups (broad SMARTS) is 1. The van der Waals surface area contributed by atoms with Gasteiger partial charge in [0.05, 0.1) is 11.4 Å². The number of aromatic amines is 1. The summed E-state index contributed by atoms with van der Waals surface area (Å²) in [7, 11) is 0. The summed E-state index contributed by atoms with van der Waals surface area (Å²) in [6.07, 6.45) is 5.23. The fraction of sp³-hybridized carbons (Fsp3) is 0.455. The lowest BCUT2D eigenvalue weighted by Gasteiger charge is -2.34. The number of rotatable bonds is 1. The molecule has 2 aliphatic rings. The van der Waals surface area contributed by atoms with Gasteiger partial charge in [-0.2, -0.15) is 0 Å². The zero-order chi connectivity index (χ0) is 12.0. The monoisotopic (exact) mass is 235 g/mol. The van der Waals surface area contributed by atoms with Crippen LogP contribution in [0, 0.1) is 0 Å². The lowest BCUT2D eigenvalue weighted by atomic mass is 9.93. The smallest absolute Gasteiger partial charge is 0.354 e. The highest BCUT2D eigenvalue weighted by Crippen LogP contribution is 2.41. The molecule has 3 rings (SSSR count). The molecule has 2 heterocycles. The van der Waals surface area contributed by atoms with E-state index >= 15 is 0 Å². The first kappa shape index (κ1) is 10.2. The average Bonchev–Trinajstić information content (AvgIpc) is 2.87. The van der Waals surface area contributed by atoms with Gasteiger partial charge in [0, 0.05) is 6.20 Å². The molecule has 0 saturated heterocycles. The Morgan fingerprint density at radius 2 is 2.06 bits per heavy atom. The van der Waals surface area contributed by atoms with Gasteiger partial charge in [-0.3, -0.25) is 4.79 Å². The Bertz CT molecular complexity index is 500. The number of hydrogen-bond acceptors (Lipinski definition) is 3. The Hall–Kier alpha value is -1.98. The van der Waals surface area contributed by atoms with Crippen molar-refractivity contribution in [3.8, 4) is 0 Å². The summed E-state index contributed by atoms with van der Waals surface area (Å²) in [6, 6.07) is 0. The molecule has 0 radical (unpaired) electrons. The second-order valence-electron chi connectivity index (χ2n) is 4.63. The molecule has 0 unspecified atom stereocenters. The average molecular weight is 235 g/mol. The number of nitrogens with one attached hydrogen (secondary N) is 3. The van der Waals surface area contributed by atoms with E-state index in [1.807, 2.05) is 0 Å². The molecule has 0 bridgehead atoms. The Labute approximate surface area is 97.4 Å². The Kier molecular flexibility index (Phi) is 1.95. The van der Waals surface area contributed by atoms with E-state index in [1.165, 1.54) is 0 Å². The van der Waals surface area contributed by atoms with E-state index in [4.69, 9.17) is 5.11 Å². The molecule has 1 spiro atoms. The number of anilines is 2. The highest BCUT2D eigenvalue weighted by molar-refractivity contribution is 6.11. The van der Waals surface area contributed by atoms with Gasteiger partial charge in [-0.1, -0.05) is 12.8 Å². The van der Waals surface area contributed by atoms with Gasteiger partial charge >= 0.3 is 5.97 Å². The fourth-order valence-electron chi connectivity index (χ4n) is 2.70. The van der Waals surface area contributed by atoms with Crippen molar-refractivity contribution in [3.63, 3.8) is 0 Å². The van der Waals surface area contributed by atoms with Gasteiger partial charge in [-0.05, 0) is 12.8 Å². The first-order valence-corrected chi connectivity index (χ1v) is 5.67. The third-order valence-corrected chi connectivity index (χ3v) is 3.60. The number of aromatic nitrogens is 1. The van der Waals surface area contributed by atoms with Crippen LogP contribution < -0.4 is 10.6 Å². The molecule has 6 heteroatoms. The van der Waals surface area contributed by atoms with Gasteiger partial charge in [0.1, 0.15) is 5.54 Å². The molecule has 1 aromatic heterocycles. The fourth-order valence-corrected chi connectivity index (χ4v) is 2.70. The zero-order valence-electron chi connectivity index (χ0n) is 9.17. The normalized spacial score (nSPS) is 20.8. The first-order valence-electron chi connectivity index (χ1n) is 5.67. The van der Waals surface area contributed by atoms with Crippen molar-refractivity contribution < 1.29 is 14.7 Å². The molecule has 4 N–H and O–H groups in total. The van der Waals surface area contributed by atoms with Crippen molar-refractivity contribution in [2.75, 3.05) is 10.6 Å². The van der Waals surface area contributed by atoms with E-state index in [0.29, 0.717) is 11.4 Å². The van der Waals surface area contributed by atoms with Gasteiger partial charge in [0.15, 0.2) is 5.69 Å². The van der Waals surface area contributed by atoms with Gasteiger partial charge in [0.2, 0.25) is 5.91 Å². The van der Waals surface area contributed by atoms with Crippen LogP contribution in [0.1, 0.15) is 36.2 Å². The lowest BCUT2D eigenvalue weighted by Crippen LogP contribution is -2.50. The summed E-state index contributed by atoms with van der Waals surface area (Å²) in [5.74, 6) is -1.19. The standard InChI is InChI=1S/C11H13N3O3/c15-9(16)8-7-6(5-12-8)14-11(10(17)13-7)3-1-2-4-11/h5,12,14H,1-4H2,(H,13,17)(H,15,16). The maximum absolute atomic E-state index is 12.1. The molecule has 17 heavy (non-hydrogen) atoms. The van der Waals surface area contributed by atoms with Crippen LogP contribution in [0.15, 0.2) is 6.20 Å². The second kappa shape index (κ2) is 3.26. The number of fused-ring (bicyclic) bond motifs is 1. The van der Waals surface area contributed by atoms with Crippen molar-refractivity contribution in [3.05, 3.63) is 11.9 Å². The Balaban J connectivity index is 2.02. The SMILES string of the molecule is O=C(O)c1[nH]cc2c1NC(=O)C1(CCCC1)N2. The van der Waals surface area contributed by atoms with Crippen molar-refractivity contribution in [1.82, 2.24) is 4.98 Å². The lowest BCUT2D eigenvalue weighted by molar-refractivity contribution is -0.120. The summed E-state index contributed by atoms with van der Waals surface area (Å²) < 4.78 is 0. The highest BCUT2D eigenvalue weighted by Gasteiger charge is 2.45. The number of amides is 1. The molecule has 1 aliphatic carbocycles. The number of carbonyl (C=O) groups is 2. The van der Waals surface area contributed by atoms with Crippen LogP contribution in [0.2, 0.25) is 0 Å². The summed E-state index contributed by atoms with van der Waals surface area (Å²) >= 11 is 0. The minimum absolute atomic E-state index is 0.0219. The van der Waals surface area contributed by atoms with Crippen LogP contribution in [0.5, 0.6) is 0 Å². The van der Waals surface area contributed by atoms with Crippen LogP contribution in [0.3, 0.4) is 0 Å². The largest absolute Gasteiger partial charge is 0.477 e. The van der Waals surface area contributed by atoms with E-state index in [2.05, 4.69) is 15.6 Å². The van der Waals surface area contributed by atoms with Crippen LogP contribution in [0.25, 0.3) is 0 Å². The number of hydrogen-bond donors (Lipinski definition) is 4. The summed E-state index contributed by atoms with van der Waals surface area (Å²) in [5.41, 5.74) is 0.503. The molecule has 0 aromatic carbocycles. The van der Waals surface area contributed by atoms with Gasteiger partial charge in [-0.15, -0.1) is 0 Å². The van der Waals surface area contributed by atoms with Crippen molar-refractivity contribution in [2.45, 2.75) is 31.2 Å². The molecular weight excluding hydrogens is 222 g/mol. The highest BCUT2D eigenvalue weighted by atomic mass is 16.4. The van der Waals surface area contributed by atoms with E-state index in [0.717, 1.165) is 25.7 Å². The number of aromatic carboxylic acids is 1. The number of carboxylic acids is 1. The van der Waals surface area contributed by atoms with Crippen molar-refractivity contribution >= 4 is 23.3 Å². The minimum Gasteiger partial charge on any atom is -0.477 e. The summed E-state index contributed by atoms with van der Waals surface area (Å²) in [6.45, 7) is 0. The topological polar surface area (TPSA) is 94.2 Å². The first-order chi connectivity index (χ1) is 8.12. The van der Waals surface area contributed by atoms with Crippen LogP contribution in [-0.4, -0.2) is 27.5 Å². The zero-order valence-corrected chi connectivity index (χ0v) is 9.17. The second-order valence-corrected chi connectivity index (χ2v) is 4.63. The molecule has 6 nitrogen and oxygen atoms in total. The number of H-pyrrole nitrogens is 1. The molecule has 1 aliphatic heterocycles. The van der Waals surface area contributed by atoms with Crippen LogP contribution >= 0.6 is 0 Å². The van der Waals surface area contributed by atoms with E-state index in [9.17, 15) is 9.59 Å². The third kappa shape index (κ3) is 1.33. The molecular formula is C11H13N3O3. The predicted molar refractivity (Wildman–Crippen MR) is 61.2 cm³/mol. The van der Waals surface area contributed by atoms with Crippen LogP contribution in [-0.2, 0) is 4.79 Å². The molecule has 1 aromatic rings. The minimum atomic E-state index is -1.07. The summed E-state index contributed by atoms with van der Waals surface area (Å²) in [4.78, 5) is 25.7. The third-order valence-electron chi connectivity index (χ3n) is 3.60. The Morgan fingerprint density at radius 3 is 2.71 bits per heavy atom. The summed E-state index contributed by atoms with van der Waals surface area (Å²) in [5, 5.41) is 14.9. The van der Waals surface area contributed by atoms with Gasteiger partial charge in [-0.25, -0.2) is 4.79 Å². The van der Waals surface area contributed by atoms with Crippen molar-refractivity contribution in [2.24, 2.45) is 0 Å². The predicted octanol–water partition coefficient (Wildman–Crippen LogP) is 1.39.